The molecule has 2 aromatic heterocycles. The van der Waals surface area contributed by atoms with Crippen molar-refractivity contribution < 1.29 is 31.7 Å². The number of carbonyl (C=O) groups is 2. The fraction of sp³-hybridized carbons (Fsp3) is 0.526. The van der Waals surface area contributed by atoms with E-state index in [-0.39, 0.29) is 35.3 Å². The van der Waals surface area contributed by atoms with Crippen LogP contribution in [0.5, 0.6) is 0 Å². The zero-order valence-corrected chi connectivity index (χ0v) is 18.0. The highest BCUT2D eigenvalue weighted by Gasteiger charge is 2.37. The van der Waals surface area contributed by atoms with Gasteiger partial charge in [-0.3, -0.25) is 9.59 Å². The van der Waals surface area contributed by atoms with E-state index in [0.29, 0.717) is 25.1 Å². The summed E-state index contributed by atoms with van der Waals surface area (Å²) in [6.45, 7) is 3.22. The number of aryl methyl sites for hydroxylation is 2. The fourth-order valence-electron chi connectivity index (χ4n) is 3.41. The number of carbonyl (C=O) groups excluding carboxylic acids is 2. The molecule has 1 aliphatic heterocycles. The first-order valence-electron chi connectivity index (χ1n) is 9.56. The topological polar surface area (TPSA) is 123 Å². The van der Waals surface area contributed by atoms with Crippen molar-refractivity contribution in [3.8, 4) is 0 Å². The molecule has 10 nitrogen and oxygen atoms in total. The zero-order chi connectivity index (χ0) is 21.9. The molecule has 1 saturated heterocycles. The average Bonchev–Trinajstić information content (AvgIpc) is 3.35. The van der Waals surface area contributed by atoms with Crippen molar-refractivity contribution >= 4 is 21.9 Å². The summed E-state index contributed by atoms with van der Waals surface area (Å²) < 4.78 is 42.5. The molecule has 0 saturated carbocycles. The number of likely N-dealkylation sites (N-methyl/N-ethyl adjacent to an activating group) is 1. The normalized spacial score (nSPS) is 17.6. The predicted octanol–water partition coefficient (Wildman–Crippen LogP) is 1.49. The number of nitrogens with zero attached hydrogens (tertiary/aromatic N) is 3. The van der Waals surface area contributed by atoms with E-state index in [0.717, 1.165) is 0 Å². The summed E-state index contributed by atoms with van der Waals surface area (Å²) in [5.74, 6) is -0.784. The monoisotopic (exact) mass is 439 g/mol. The van der Waals surface area contributed by atoms with Gasteiger partial charge in [-0.05, 0) is 38.8 Å². The van der Waals surface area contributed by atoms with Crippen molar-refractivity contribution in [2.45, 2.75) is 38.1 Å². The van der Waals surface area contributed by atoms with Crippen LogP contribution < -0.4 is 0 Å². The van der Waals surface area contributed by atoms with E-state index in [1.165, 1.54) is 22.4 Å². The van der Waals surface area contributed by atoms with E-state index < -0.39 is 28.5 Å². The van der Waals surface area contributed by atoms with Crippen LogP contribution >= 0.6 is 0 Å². The van der Waals surface area contributed by atoms with Crippen LogP contribution in [0, 0.1) is 19.8 Å². The third-order valence-electron chi connectivity index (χ3n) is 5.02. The van der Waals surface area contributed by atoms with Crippen molar-refractivity contribution in [3.05, 3.63) is 35.6 Å². The molecule has 1 amide bonds. The Morgan fingerprint density at radius 3 is 2.77 bits per heavy atom. The number of aromatic nitrogens is 1. The van der Waals surface area contributed by atoms with E-state index in [1.54, 1.807) is 26.1 Å². The largest absolute Gasteiger partial charge is 0.467 e. The summed E-state index contributed by atoms with van der Waals surface area (Å²) >= 11 is 0. The Balaban J connectivity index is 1.57. The number of esters is 1. The van der Waals surface area contributed by atoms with E-state index >= 15 is 0 Å². The van der Waals surface area contributed by atoms with Crippen molar-refractivity contribution in [3.63, 3.8) is 0 Å². The molecule has 1 fully saturated rings. The molecule has 1 atom stereocenters. The average molecular weight is 439 g/mol. The van der Waals surface area contributed by atoms with Crippen molar-refractivity contribution in [1.29, 1.82) is 0 Å². The molecule has 0 bridgehead atoms. The molecule has 11 heteroatoms. The molecule has 3 heterocycles. The van der Waals surface area contributed by atoms with Crippen LogP contribution in [0.4, 0.5) is 0 Å². The highest BCUT2D eigenvalue weighted by molar-refractivity contribution is 7.89. The molecule has 0 N–H and O–H groups in total. The van der Waals surface area contributed by atoms with Gasteiger partial charge in [0.15, 0.2) is 12.4 Å². The van der Waals surface area contributed by atoms with Gasteiger partial charge in [-0.15, -0.1) is 0 Å². The van der Waals surface area contributed by atoms with Crippen LogP contribution in [0.3, 0.4) is 0 Å². The smallest absolute Gasteiger partial charge is 0.310 e. The molecule has 0 aliphatic carbocycles. The highest BCUT2D eigenvalue weighted by atomic mass is 32.2. The van der Waals surface area contributed by atoms with Gasteiger partial charge in [-0.2, -0.15) is 4.31 Å². The number of sulfonamides is 1. The number of hydrogen-bond acceptors (Lipinski definition) is 8. The maximum absolute atomic E-state index is 13.0. The third-order valence-corrected chi connectivity index (χ3v) is 7.13. The second-order valence-electron chi connectivity index (χ2n) is 7.29. The van der Waals surface area contributed by atoms with Gasteiger partial charge in [-0.1, -0.05) is 5.16 Å². The number of piperidine rings is 1. The van der Waals surface area contributed by atoms with Crippen LogP contribution in [0.15, 0.2) is 32.2 Å². The standard InChI is InChI=1S/C19H25N3O7S/c1-13-18(14(2)29-20-13)30(25,26)22-8-4-6-15(10-22)19(24)28-12-17(23)21(3)11-16-7-5-9-27-16/h5,7,9,15H,4,6,8,10-12H2,1-3H3. The number of furan rings is 1. The second kappa shape index (κ2) is 9.00. The third kappa shape index (κ3) is 4.73. The second-order valence-corrected chi connectivity index (χ2v) is 9.17. The van der Waals surface area contributed by atoms with Gasteiger partial charge in [0.2, 0.25) is 10.0 Å². The van der Waals surface area contributed by atoms with Gasteiger partial charge in [-0.25, -0.2) is 8.42 Å². The predicted molar refractivity (Wildman–Crippen MR) is 104 cm³/mol. The summed E-state index contributed by atoms with van der Waals surface area (Å²) in [5.41, 5.74) is 0.280. The molecule has 3 rings (SSSR count). The zero-order valence-electron chi connectivity index (χ0n) is 17.2. The molecule has 164 valence electrons. The fourth-order valence-corrected chi connectivity index (χ4v) is 5.23. The van der Waals surface area contributed by atoms with Crippen LogP contribution in [0.25, 0.3) is 0 Å². The summed E-state index contributed by atoms with van der Waals surface area (Å²) in [5, 5.41) is 3.70. The Labute approximate surface area is 174 Å². The Kier molecular flexibility index (Phi) is 6.61. The number of ether oxygens (including phenoxy) is 1. The first-order valence-corrected chi connectivity index (χ1v) is 11.0. The number of rotatable bonds is 7. The van der Waals surface area contributed by atoms with E-state index in [2.05, 4.69) is 5.16 Å². The lowest BCUT2D eigenvalue weighted by atomic mass is 10.00. The number of hydrogen-bond donors (Lipinski definition) is 0. The minimum absolute atomic E-state index is 0.0123. The van der Waals surface area contributed by atoms with Crippen molar-refractivity contribution in [2.75, 3.05) is 26.7 Å². The Bertz CT molecular complexity index is 978. The van der Waals surface area contributed by atoms with E-state index in [1.807, 2.05) is 0 Å². The van der Waals surface area contributed by atoms with Crippen LogP contribution in [-0.2, 0) is 30.9 Å². The summed E-state index contributed by atoms with van der Waals surface area (Å²) in [4.78, 5) is 26.1. The molecule has 0 aromatic carbocycles. The summed E-state index contributed by atoms with van der Waals surface area (Å²) in [6.07, 6.45) is 2.51. The minimum atomic E-state index is -3.84. The van der Waals surface area contributed by atoms with Gasteiger partial charge in [0.1, 0.15) is 16.3 Å². The maximum Gasteiger partial charge on any atom is 0.310 e. The quantitative estimate of drug-likeness (QED) is 0.595. The Hall–Kier alpha value is -2.66. The van der Waals surface area contributed by atoms with E-state index in [9.17, 15) is 18.0 Å². The van der Waals surface area contributed by atoms with Crippen LogP contribution in [0.1, 0.15) is 30.1 Å². The highest BCUT2D eigenvalue weighted by Crippen LogP contribution is 2.28. The molecule has 1 aliphatic rings. The summed E-state index contributed by atoms with van der Waals surface area (Å²) in [6, 6.07) is 3.46. The SMILES string of the molecule is Cc1noc(C)c1S(=O)(=O)N1CCCC(C(=O)OCC(=O)N(C)Cc2ccco2)C1. The van der Waals surface area contributed by atoms with Gasteiger partial charge in [0, 0.05) is 20.1 Å². The lowest BCUT2D eigenvalue weighted by molar-refractivity contribution is -0.156. The van der Waals surface area contributed by atoms with Gasteiger partial charge >= 0.3 is 5.97 Å². The van der Waals surface area contributed by atoms with Crippen LogP contribution in [-0.4, -0.2) is 61.4 Å². The van der Waals surface area contributed by atoms with Crippen LogP contribution in [0.2, 0.25) is 0 Å². The van der Waals surface area contributed by atoms with E-state index in [4.69, 9.17) is 13.7 Å². The molecule has 30 heavy (non-hydrogen) atoms. The molecule has 0 spiro atoms. The molecular weight excluding hydrogens is 414 g/mol. The van der Waals surface area contributed by atoms with Crippen molar-refractivity contribution in [2.24, 2.45) is 5.92 Å². The molecule has 1 unspecified atom stereocenters. The first-order chi connectivity index (χ1) is 14.2. The number of amides is 1. The first kappa shape index (κ1) is 22.0. The summed E-state index contributed by atoms with van der Waals surface area (Å²) in [7, 11) is -2.26. The maximum atomic E-state index is 13.0. The lowest BCUT2D eigenvalue weighted by Gasteiger charge is -2.30. The van der Waals surface area contributed by atoms with Gasteiger partial charge in [0.05, 0.1) is 18.7 Å². The Morgan fingerprint density at radius 2 is 2.13 bits per heavy atom. The Morgan fingerprint density at radius 1 is 1.37 bits per heavy atom. The lowest BCUT2D eigenvalue weighted by Crippen LogP contribution is -2.43. The molecule has 2 aromatic rings. The van der Waals surface area contributed by atoms with Crippen molar-refractivity contribution in [1.82, 2.24) is 14.4 Å². The molecular formula is C19H25N3O7S. The van der Waals surface area contributed by atoms with Gasteiger partial charge < -0.3 is 18.6 Å². The minimum Gasteiger partial charge on any atom is -0.467 e. The van der Waals surface area contributed by atoms with Gasteiger partial charge in [0.25, 0.3) is 5.91 Å². The molecule has 0 radical (unpaired) electrons.